The number of unbranched alkanes of at least 4 members (excludes halogenated alkanes) is 13. The first kappa shape index (κ1) is 24.9. The van der Waals surface area contributed by atoms with Gasteiger partial charge in [0.2, 0.25) is 0 Å². The molecule has 0 heterocycles. The average molecular weight is 564 g/mol. The molecule has 0 aromatic rings. The van der Waals surface area contributed by atoms with Gasteiger partial charge in [0.1, 0.15) is 0 Å². The van der Waals surface area contributed by atoms with Gasteiger partial charge in [-0.1, -0.05) is 142 Å². The van der Waals surface area contributed by atoms with Gasteiger partial charge in [-0.25, -0.2) is 4.79 Å². The summed E-state index contributed by atoms with van der Waals surface area (Å²) in [7, 11) is 0. The molecule has 0 aliphatic carbocycles. The van der Waals surface area contributed by atoms with Crippen molar-refractivity contribution in [2.75, 3.05) is 6.61 Å². The molecule has 0 spiro atoms. The van der Waals surface area contributed by atoms with E-state index in [-0.39, 0.29) is 7.40 Å². The van der Waals surface area contributed by atoms with Crippen LogP contribution in [-0.4, -0.2) is 14.0 Å². The lowest BCUT2D eigenvalue weighted by Gasteiger charge is -2.18. The Balaban J connectivity index is 3.29. The summed E-state index contributed by atoms with van der Waals surface area (Å²) in [6.07, 6.45) is 20.1. The monoisotopic (exact) mass is 564 g/mol. The number of esters is 1. The van der Waals surface area contributed by atoms with Crippen LogP contribution in [0, 0.1) is 0 Å². The van der Waals surface area contributed by atoms with E-state index in [1.54, 1.807) is 0 Å². The molecular formula is C20H38I2O2. The number of alkyl halides is 2. The van der Waals surface area contributed by atoms with Gasteiger partial charge >= 0.3 is 5.97 Å². The number of carbonyl (C=O) groups is 1. The van der Waals surface area contributed by atoms with Crippen molar-refractivity contribution in [3.05, 3.63) is 0 Å². The molecule has 0 amide bonds. The zero-order valence-electron chi connectivity index (χ0n) is 15.9. The summed E-state index contributed by atoms with van der Waals surface area (Å²) in [5, 5.41) is 0. The molecule has 0 aliphatic heterocycles. The third-order valence-electron chi connectivity index (χ3n) is 4.42. The first-order valence-corrected chi connectivity index (χ1v) is 12.3. The highest BCUT2D eigenvalue weighted by atomic mass is 127. The molecule has 0 aromatic carbocycles. The molecule has 0 saturated carbocycles. The van der Waals surface area contributed by atoms with Crippen LogP contribution in [0.15, 0.2) is 0 Å². The fraction of sp³-hybridized carbons (Fsp3) is 0.950. The largest absolute Gasteiger partial charge is 0.464 e. The highest BCUT2D eigenvalue weighted by Crippen LogP contribution is 2.35. The minimum absolute atomic E-state index is 0.0686. The fourth-order valence-electron chi connectivity index (χ4n) is 2.88. The third kappa shape index (κ3) is 15.2. The van der Waals surface area contributed by atoms with Crippen LogP contribution in [0.4, 0.5) is 0 Å². The maximum absolute atomic E-state index is 11.8. The maximum atomic E-state index is 11.8. The quantitative estimate of drug-likeness (QED) is 0.0775. The van der Waals surface area contributed by atoms with Crippen LogP contribution in [0.5, 0.6) is 0 Å². The predicted octanol–water partition coefficient (Wildman–Crippen LogP) is 7.99. The van der Waals surface area contributed by atoms with Gasteiger partial charge in [-0.3, -0.25) is 0 Å². The molecule has 144 valence electrons. The number of ether oxygens (including phenoxy) is 1. The Hall–Kier alpha value is 0.930. The van der Waals surface area contributed by atoms with Gasteiger partial charge in [0, 0.05) is 0 Å². The molecule has 0 unspecified atom stereocenters. The number of halogens is 2. The summed E-state index contributed by atoms with van der Waals surface area (Å²) < 4.78 is 4.75. The fourth-order valence-corrected chi connectivity index (χ4v) is 3.95. The Morgan fingerprint density at radius 3 is 1.46 bits per heavy atom. The van der Waals surface area contributed by atoms with Gasteiger partial charge in [-0.15, -0.1) is 0 Å². The minimum atomic E-state index is -0.372. The van der Waals surface area contributed by atoms with Crippen LogP contribution in [0.1, 0.15) is 110 Å². The van der Waals surface area contributed by atoms with Gasteiger partial charge in [-0.2, -0.15) is 0 Å². The highest BCUT2D eigenvalue weighted by Gasteiger charge is 2.32. The van der Waals surface area contributed by atoms with Crippen LogP contribution >= 0.6 is 45.2 Å². The number of carbonyl (C=O) groups excluding carboxylic acids is 1. The van der Waals surface area contributed by atoms with Crippen LogP contribution in [0.2, 0.25) is 0 Å². The van der Waals surface area contributed by atoms with Gasteiger partial charge in [-0.05, 0) is 13.3 Å². The molecule has 0 aliphatic rings. The van der Waals surface area contributed by atoms with Crippen molar-refractivity contribution in [3.8, 4) is 0 Å². The van der Waals surface area contributed by atoms with Gasteiger partial charge in [0.15, 0.2) is 1.43 Å². The van der Waals surface area contributed by atoms with Crippen molar-refractivity contribution < 1.29 is 9.53 Å². The van der Waals surface area contributed by atoms with Crippen LogP contribution in [0.3, 0.4) is 0 Å². The van der Waals surface area contributed by atoms with E-state index < -0.39 is 0 Å². The second kappa shape index (κ2) is 17.3. The Morgan fingerprint density at radius 1 is 0.708 bits per heavy atom. The topological polar surface area (TPSA) is 26.3 Å². The first-order valence-electron chi connectivity index (χ1n) is 10.1. The molecule has 2 nitrogen and oxygen atoms in total. The summed E-state index contributed by atoms with van der Waals surface area (Å²) in [5.41, 5.74) is 0. The van der Waals surface area contributed by atoms with Crippen molar-refractivity contribution in [2.24, 2.45) is 0 Å². The molecule has 0 aromatic heterocycles. The Bertz CT molecular complexity index is 293. The second-order valence-electron chi connectivity index (χ2n) is 6.77. The van der Waals surface area contributed by atoms with E-state index in [0.717, 1.165) is 12.8 Å². The lowest BCUT2D eigenvalue weighted by Crippen LogP contribution is -2.26. The zero-order chi connectivity index (χ0) is 18.1. The average Bonchev–Trinajstić information content (AvgIpc) is 2.55. The summed E-state index contributed by atoms with van der Waals surface area (Å²) in [6, 6.07) is 0. The van der Waals surface area contributed by atoms with E-state index in [0.29, 0.717) is 6.61 Å². The number of rotatable bonds is 17. The molecule has 24 heavy (non-hydrogen) atoms. The van der Waals surface area contributed by atoms with Gasteiger partial charge in [0.05, 0.1) is 6.61 Å². The Kier molecular flexibility index (Phi) is 18.0. The van der Waals surface area contributed by atoms with Crippen LogP contribution in [0.25, 0.3) is 0 Å². The summed E-state index contributed by atoms with van der Waals surface area (Å²) in [6.45, 7) is 4.62. The van der Waals surface area contributed by atoms with Crippen LogP contribution in [-0.2, 0) is 9.53 Å². The molecule has 0 radical (unpaired) electrons. The van der Waals surface area contributed by atoms with Crippen LogP contribution < -0.4 is 0 Å². The van der Waals surface area contributed by atoms with E-state index in [1.807, 2.05) is 6.92 Å². The molecule has 0 saturated heterocycles. The molecule has 0 N–H and O–H groups in total. The SMILES string of the molecule is CCCCCCCCCCCCCCCCC(I)(I)C(=O)OCC. The standard InChI is InChI=1S/C20H38I2O2/c1-3-5-6-7-8-9-10-11-12-13-14-15-16-17-18-20(21,22)19(23)24-4-2/h3-18H2,1-2H3. The summed E-state index contributed by atoms with van der Waals surface area (Å²) in [5.74, 6) is -0.0686. The van der Waals surface area contributed by atoms with Crippen molar-refractivity contribution in [1.29, 1.82) is 0 Å². The molecule has 0 bridgehead atoms. The van der Waals surface area contributed by atoms with E-state index >= 15 is 0 Å². The summed E-state index contributed by atoms with van der Waals surface area (Å²) in [4.78, 5) is 11.8. The molecular weight excluding hydrogens is 526 g/mol. The van der Waals surface area contributed by atoms with Crippen molar-refractivity contribution in [3.63, 3.8) is 0 Å². The van der Waals surface area contributed by atoms with E-state index in [4.69, 9.17) is 4.74 Å². The van der Waals surface area contributed by atoms with E-state index in [9.17, 15) is 4.79 Å². The number of hydrogen-bond donors (Lipinski definition) is 0. The highest BCUT2D eigenvalue weighted by molar-refractivity contribution is 14.2. The second-order valence-corrected chi connectivity index (χ2v) is 12.5. The van der Waals surface area contributed by atoms with Crippen molar-refractivity contribution >= 4 is 51.2 Å². The molecule has 0 rings (SSSR count). The first-order chi connectivity index (χ1) is 11.5. The predicted molar refractivity (Wildman–Crippen MR) is 122 cm³/mol. The van der Waals surface area contributed by atoms with Crippen molar-refractivity contribution in [1.82, 2.24) is 0 Å². The zero-order valence-corrected chi connectivity index (χ0v) is 20.2. The molecule has 0 atom stereocenters. The molecule has 0 fully saturated rings. The normalized spacial score (nSPS) is 11.7. The Morgan fingerprint density at radius 2 is 1.08 bits per heavy atom. The van der Waals surface area contributed by atoms with Crippen molar-refractivity contribution in [2.45, 2.75) is 112 Å². The smallest absolute Gasteiger partial charge is 0.332 e. The van der Waals surface area contributed by atoms with Gasteiger partial charge in [0.25, 0.3) is 0 Å². The van der Waals surface area contributed by atoms with E-state index in [1.165, 1.54) is 83.5 Å². The third-order valence-corrected chi connectivity index (χ3v) is 6.38. The lowest BCUT2D eigenvalue weighted by atomic mass is 10.0. The number of hydrogen-bond acceptors (Lipinski definition) is 2. The minimum Gasteiger partial charge on any atom is -0.464 e. The Labute approximate surface area is 177 Å². The maximum Gasteiger partial charge on any atom is 0.332 e. The summed E-state index contributed by atoms with van der Waals surface area (Å²) >= 11 is 4.47. The molecule has 4 heteroatoms. The lowest BCUT2D eigenvalue weighted by molar-refractivity contribution is -0.142. The van der Waals surface area contributed by atoms with E-state index in [2.05, 4.69) is 52.1 Å². The van der Waals surface area contributed by atoms with Gasteiger partial charge < -0.3 is 4.74 Å².